The molecule has 0 bridgehead atoms. The molecular formula is C42H38N6O8S4. The third-order valence-electron chi connectivity index (χ3n) is 8.84. The summed E-state index contributed by atoms with van der Waals surface area (Å²) < 4.78 is 11.9. The van der Waals surface area contributed by atoms with Crippen LogP contribution in [0.15, 0.2) is 119 Å². The van der Waals surface area contributed by atoms with Gasteiger partial charge in [-0.1, -0.05) is 109 Å². The molecule has 0 aromatic heterocycles. The van der Waals surface area contributed by atoms with Gasteiger partial charge >= 0.3 is 0 Å². The summed E-state index contributed by atoms with van der Waals surface area (Å²) in [6, 6.07) is 32.3. The first-order valence-electron chi connectivity index (χ1n) is 18.6. The molecule has 2 aliphatic heterocycles. The van der Waals surface area contributed by atoms with Gasteiger partial charge in [0.25, 0.3) is 23.6 Å². The number of rotatable bonds is 16. The van der Waals surface area contributed by atoms with E-state index in [0.29, 0.717) is 35.8 Å². The minimum Gasteiger partial charge on any atom is -0.489 e. The Morgan fingerprint density at radius 1 is 0.517 bits per heavy atom. The van der Waals surface area contributed by atoms with Crippen LogP contribution in [0, 0.1) is 0 Å². The van der Waals surface area contributed by atoms with Crippen molar-refractivity contribution in [2.45, 2.75) is 38.9 Å². The molecule has 2 heterocycles. The monoisotopic (exact) mass is 882 g/mol. The Hall–Kier alpha value is -6.08. The number of nitrogens with one attached hydrogen (secondary N) is 4. The Kier molecular flexibility index (Phi) is 15.4. The van der Waals surface area contributed by atoms with E-state index >= 15 is 0 Å². The van der Waals surface area contributed by atoms with Crippen molar-refractivity contribution in [3.8, 4) is 11.5 Å². The van der Waals surface area contributed by atoms with E-state index in [9.17, 15) is 28.8 Å². The van der Waals surface area contributed by atoms with Crippen LogP contribution >= 0.6 is 48.0 Å². The average molecular weight is 883 g/mol. The molecule has 0 radical (unpaired) electrons. The van der Waals surface area contributed by atoms with Gasteiger partial charge in [-0.15, -0.1) is 0 Å². The smallest absolute Gasteiger partial charge is 0.269 e. The maximum absolute atomic E-state index is 13.4. The zero-order valence-corrected chi connectivity index (χ0v) is 35.1. The normalized spacial score (nSPS) is 14.9. The summed E-state index contributed by atoms with van der Waals surface area (Å²) in [5, 5.41) is 0. The molecule has 0 atom stereocenters. The van der Waals surface area contributed by atoms with Gasteiger partial charge in [0.1, 0.15) is 33.4 Å². The molecular weight excluding hydrogens is 845 g/mol. The van der Waals surface area contributed by atoms with Crippen LogP contribution in [0.2, 0.25) is 0 Å². The molecule has 14 nitrogen and oxygen atoms in total. The first kappa shape index (κ1) is 43.5. The standard InChI is InChI=1S/C42H38N6O8S4/c49-33(43-45-37(51)29-15-19-31(20-16-29)55-25-27-9-3-1-4-10-27)13-7-23-47-39(53)35(59-41(47)57)36-40(54)48(42(58)60-36)24-8-14-34(50)44-46-38(52)30-17-21-32(22-18-30)56-26-28-11-5-2-6-12-28/h1-6,9-12,15-22H,7-8,13-14,23-26H2,(H,43,49)(H,44,50)(H,45,51)(H,46,52). The maximum atomic E-state index is 13.4. The molecule has 0 spiro atoms. The van der Waals surface area contributed by atoms with Gasteiger partial charge in [-0.25, -0.2) is 0 Å². The molecule has 4 aromatic rings. The van der Waals surface area contributed by atoms with Crippen LogP contribution < -0.4 is 31.2 Å². The van der Waals surface area contributed by atoms with Crippen LogP contribution in [0.3, 0.4) is 0 Å². The van der Waals surface area contributed by atoms with Crippen LogP contribution in [-0.4, -0.2) is 67.0 Å². The van der Waals surface area contributed by atoms with Gasteiger partial charge in [-0.05, 0) is 72.5 Å². The van der Waals surface area contributed by atoms with Gasteiger partial charge in [0, 0.05) is 37.1 Å². The van der Waals surface area contributed by atoms with Gasteiger partial charge in [0.2, 0.25) is 11.8 Å². The van der Waals surface area contributed by atoms with Crippen molar-refractivity contribution in [2.24, 2.45) is 0 Å². The highest BCUT2D eigenvalue weighted by atomic mass is 32.2. The molecule has 0 saturated carbocycles. The third kappa shape index (κ3) is 12.0. The lowest BCUT2D eigenvalue weighted by Gasteiger charge is -2.15. The van der Waals surface area contributed by atoms with E-state index in [4.69, 9.17) is 33.9 Å². The second kappa shape index (κ2) is 21.3. The summed E-state index contributed by atoms with van der Waals surface area (Å²) >= 11 is 12.8. The molecule has 60 heavy (non-hydrogen) atoms. The minimum absolute atomic E-state index is 0.0175. The Bertz CT molecular complexity index is 2130. The Balaban J connectivity index is 0.877. The number of thiocarbonyl (C=S) groups is 2. The molecule has 6 amide bonds. The van der Waals surface area contributed by atoms with Crippen molar-refractivity contribution in [1.82, 2.24) is 31.5 Å². The van der Waals surface area contributed by atoms with Crippen LogP contribution in [0.1, 0.15) is 57.5 Å². The molecule has 2 fully saturated rings. The van der Waals surface area contributed by atoms with Crippen molar-refractivity contribution >= 4 is 92.0 Å². The van der Waals surface area contributed by atoms with E-state index in [1.807, 2.05) is 60.7 Å². The Labute approximate surface area is 364 Å². The first-order valence-corrected chi connectivity index (χ1v) is 21.0. The Morgan fingerprint density at radius 2 is 0.883 bits per heavy atom. The summed E-state index contributed by atoms with van der Waals surface area (Å²) in [6.45, 7) is 0.995. The molecule has 4 aromatic carbocycles. The molecule has 4 N–H and O–H groups in total. The van der Waals surface area contributed by atoms with Crippen LogP contribution in [0.5, 0.6) is 11.5 Å². The van der Waals surface area contributed by atoms with Gasteiger partial charge in [0.05, 0.1) is 9.81 Å². The number of hydrogen-bond donors (Lipinski definition) is 4. The maximum Gasteiger partial charge on any atom is 0.269 e. The fourth-order valence-corrected chi connectivity index (χ4v) is 8.43. The van der Waals surface area contributed by atoms with Crippen molar-refractivity contribution in [2.75, 3.05) is 13.1 Å². The number of nitrogens with zero attached hydrogens (tertiary/aromatic N) is 2. The molecule has 6 rings (SSSR count). The number of benzene rings is 4. The number of thioether (sulfide) groups is 2. The lowest BCUT2D eigenvalue weighted by Crippen LogP contribution is -2.42. The quantitative estimate of drug-likeness (QED) is 0.0628. The number of hydrogen-bond acceptors (Lipinski definition) is 12. The first-order chi connectivity index (χ1) is 29.0. The second-order valence-electron chi connectivity index (χ2n) is 13.1. The van der Waals surface area contributed by atoms with Gasteiger partial charge in [-0.2, -0.15) is 0 Å². The molecule has 2 aliphatic rings. The van der Waals surface area contributed by atoms with Crippen molar-refractivity contribution < 1.29 is 38.2 Å². The lowest BCUT2D eigenvalue weighted by molar-refractivity contribution is -0.125. The average Bonchev–Trinajstić information content (AvgIpc) is 3.71. The number of ether oxygens (including phenoxy) is 2. The number of amides is 6. The van der Waals surface area contributed by atoms with Crippen molar-refractivity contribution in [3.63, 3.8) is 0 Å². The second-order valence-corrected chi connectivity index (χ2v) is 16.4. The molecule has 2 saturated heterocycles. The molecule has 0 unspecified atom stereocenters. The predicted octanol–water partition coefficient (Wildman–Crippen LogP) is 5.56. The van der Waals surface area contributed by atoms with E-state index in [0.717, 1.165) is 34.7 Å². The summed E-state index contributed by atoms with van der Waals surface area (Å²) in [5.74, 6) is -1.72. The zero-order chi connectivity index (χ0) is 42.4. The fourth-order valence-electron chi connectivity index (χ4n) is 5.66. The molecule has 0 aliphatic carbocycles. The molecule has 18 heteroatoms. The van der Waals surface area contributed by atoms with Crippen LogP contribution in [-0.2, 0) is 32.4 Å². The zero-order valence-electron chi connectivity index (χ0n) is 31.8. The molecule has 308 valence electrons. The summed E-state index contributed by atoms with van der Waals surface area (Å²) in [6.07, 6.45) is 0.427. The highest BCUT2D eigenvalue weighted by molar-refractivity contribution is 8.29. The van der Waals surface area contributed by atoms with E-state index in [1.54, 1.807) is 48.5 Å². The van der Waals surface area contributed by atoms with Crippen molar-refractivity contribution in [1.29, 1.82) is 0 Å². The topological polar surface area (TPSA) is 175 Å². The van der Waals surface area contributed by atoms with Crippen molar-refractivity contribution in [3.05, 3.63) is 141 Å². The number of hydrazine groups is 2. The summed E-state index contributed by atoms with van der Waals surface area (Å²) in [4.78, 5) is 79.7. The number of carbonyl (C=O) groups is 6. The van der Waals surface area contributed by atoms with E-state index < -0.39 is 35.4 Å². The Morgan fingerprint density at radius 3 is 1.25 bits per heavy atom. The highest BCUT2D eigenvalue weighted by Gasteiger charge is 2.41. The van der Waals surface area contributed by atoms with Crippen LogP contribution in [0.25, 0.3) is 0 Å². The van der Waals surface area contributed by atoms with Crippen LogP contribution in [0.4, 0.5) is 0 Å². The lowest BCUT2D eigenvalue weighted by atomic mass is 10.2. The van der Waals surface area contributed by atoms with Gasteiger partial charge < -0.3 is 9.47 Å². The minimum atomic E-state index is -0.511. The van der Waals surface area contributed by atoms with Gasteiger partial charge in [-0.3, -0.25) is 60.3 Å². The largest absolute Gasteiger partial charge is 0.489 e. The van der Waals surface area contributed by atoms with E-state index in [1.165, 1.54) is 9.80 Å². The van der Waals surface area contributed by atoms with E-state index in [-0.39, 0.29) is 57.2 Å². The van der Waals surface area contributed by atoms with Gasteiger partial charge in [0.15, 0.2) is 0 Å². The number of carbonyl (C=O) groups excluding carboxylic acids is 6. The highest BCUT2D eigenvalue weighted by Crippen LogP contribution is 2.42. The van der Waals surface area contributed by atoms with E-state index in [2.05, 4.69) is 21.7 Å². The SMILES string of the molecule is O=C(CCCN1C(=O)C(=C2SC(=S)N(CCCC(=O)NNC(=O)c3ccc(OCc4ccccc4)cc3)C2=O)SC1=S)NNC(=O)c1ccc(OCc2ccccc2)cc1. The third-order valence-corrected chi connectivity index (χ3v) is 11.9. The predicted molar refractivity (Wildman–Crippen MR) is 235 cm³/mol. The summed E-state index contributed by atoms with van der Waals surface area (Å²) in [7, 11) is 0. The fraction of sp³-hybridized carbons (Fsp3) is 0.190. The summed E-state index contributed by atoms with van der Waals surface area (Å²) in [5.41, 5.74) is 12.2.